The lowest BCUT2D eigenvalue weighted by Gasteiger charge is -2.39. The van der Waals surface area contributed by atoms with Gasteiger partial charge in [-0.15, -0.1) is 0 Å². The summed E-state index contributed by atoms with van der Waals surface area (Å²) in [5.74, 6) is 2.29. The lowest BCUT2D eigenvalue weighted by Crippen LogP contribution is -2.51. The van der Waals surface area contributed by atoms with Crippen LogP contribution in [0.4, 0.5) is 5.82 Å². The molecule has 2 heterocycles. The molecule has 30 heavy (non-hydrogen) atoms. The summed E-state index contributed by atoms with van der Waals surface area (Å²) in [6.45, 7) is 5.44. The van der Waals surface area contributed by atoms with Crippen LogP contribution in [0.1, 0.15) is 41.9 Å². The highest BCUT2D eigenvalue weighted by Gasteiger charge is 2.32. The van der Waals surface area contributed by atoms with Gasteiger partial charge in [-0.2, -0.15) is 0 Å². The standard InChI is InChI=1S/C23H29ClN4O2/c1-16-25-21(15-30-2)20(14-17-6-8-19(24)9-7-17)22(26-16)27-10-12-28(13-11-27)23(29)18-4-3-5-18/h6-9,18H,3-5,10-15H2,1-2H3. The maximum atomic E-state index is 12.6. The minimum Gasteiger partial charge on any atom is -0.378 e. The molecule has 1 saturated carbocycles. The second-order valence-electron chi connectivity index (χ2n) is 8.20. The number of methoxy groups -OCH3 is 1. The number of hydrogen-bond acceptors (Lipinski definition) is 5. The number of carbonyl (C=O) groups excluding carboxylic acids is 1. The van der Waals surface area contributed by atoms with E-state index in [1.165, 1.54) is 6.42 Å². The first-order valence-corrected chi connectivity index (χ1v) is 11.1. The lowest BCUT2D eigenvalue weighted by molar-refractivity contribution is -0.138. The van der Waals surface area contributed by atoms with Crippen molar-refractivity contribution in [1.82, 2.24) is 14.9 Å². The highest BCUT2D eigenvalue weighted by atomic mass is 35.5. The van der Waals surface area contributed by atoms with Crippen LogP contribution in [0, 0.1) is 12.8 Å². The maximum absolute atomic E-state index is 12.6. The number of aromatic nitrogens is 2. The van der Waals surface area contributed by atoms with Crippen LogP contribution in [-0.2, 0) is 22.6 Å². The number of rotatable bonds is 6. The van der Waals surface area contributed by atoms with Crippen LogP contribution in [0.25, 0.3) is 0 Å². The largest absolute Gasteiger partial charge is 0.378 e. The molecule has 2 aliphatic rings. The minimum absolute atomic E-state index is 0.256. The van der Waals surface area contributed by atoms with E-state index in [9.17, 15) is 4.79 Å². The fourth-order valence-electron chi connectivity index (χ4n) is 4.19. The molecule has 1 saturated heterocycles. The molecule has 1 aromatic heterocycles. The van der Waals surface area contributed by atoms with Gasteiger partial charge in [0.2, 0.25) is 5.91 Å². The first-order valence-electron chi connectivity index (χ1n) is 10.7. The number of anilines is 1. The molecule has 0 unspecified atom stereocenters. The van der Waals surface area contributed by atoms with Crippen molar-refractivity contribution in [2.45, 2.75) is 39.2 Å². The molecule has 1 aromatic carbocycles. The third-order valence-corrected chi connectivity index (χ3v) is 6.36. The zero-order valence-electron chi connectivity index (χ0n) is 17.7. The summed E-state index contributed by atoms with van der Waals surface area (Å²) in [6, 6.07) is 7.90. The summed E-state index contributed by atoms with van der Waals surface area (Å²) < 4.78 is 5.43. The van der Waals surface area contributed by atoms with Gasteiger partial charge in [0.15, 0.2) is 0 Å². The molecule has 0 atom stereocenters. The predicted molar refractivity (Wildman–Crippen MR) is 118 cm³/mol. The minimum atomic E-state index is 0.256. The van der Waals surface area contributed by atoms with E-state index in [0.29, 0.717) is 18.9 Å². The predicted octanol–water partition coefficient (Wildman–Crippen LogP) is 3.62. The molecule has 0 spiro atoms. The molecule has 4 rings (SSSR count). The second-order valence-corrected chi connectivity index (χ2v) is 8.63. The van der Waals surface area contributed by atoms with Gasteiger partial charge in [-0.3, -0.25) is 4.79 Å². The number of amides is 1. The van der Waals surface area contributed by atoms with E-state index in [4.69, 9.17) is 21.3 Å². The van der Waals surface area contributed by atoms with E-state index in [1.54, 1.807) is 7.11 Å². The Morgan fingerprint density at radius 3 is 2.43 bits per heavy atom. The Bertz CT molecular complexity index is 891. The van der Waals surface area contributed by atoms with E-state index in [2.05, 4.69) is 9.88 Å². The first-order chi connectivity index (χ1) is 14.5. The fourth-order valence-corrected chi connectivity index (χ4v) is 4.32. The molecular weight excluding hydrogens is 400 g/mol. The molecule has 0 N–H and O–H groups in total. The van der Waals surface area contributed by atoms with Crippen molar-refractivity contribution < 1.29 is 9.53 Å². The zero-order chi connectivity index (χ0) is 21.1. The van der Waals surface area contributed by atoms with Crippen molar-refractivity contribution in [3.8, 4) is 0 Å². The van der Waals surface area contributed by atoms with Gasteiger partial charge in [0.1, 0.15) is 11.6 Å². The average Bonchev–Trinajstić information content (AvgIpc) is 2.70. The number of hydrogen-bond donors (Lipinski definition) is 0. The number of ether oxygens (including phenoxy) is 1. The number of piperazine rings is 1. The highest BCUT2D eigenvalue weighted by Crippen LogP contribution is 2.30. The van der Waals surface area contributed by atoms with Crippen molar-refractivity contribution in [2.75, 3.05) is 38.2 Å². The molecular formula is C23H29ClN4O2. The van der Waals surface area contributed by atoms with Gasteiger partial charge in [0.05, 0.1) is 12.3 Å². The Balaban J connectivity index is 1.57. The molecule has 1 aliphatic heterocycles. The third kappa shape index (κ3) is 4.60. The number of nitrogens with zero attached hydrogens (tertiary/aromatic N) is 4. The number of halogens is 1. The van der Waals surface area contributed by atoms with Crippen molar-refractivity contribution in [3.05, 3.63) is 51.9 Å². The Morgan fingerprint density at radius 2 is 1.83 bits per heavy atom. The highest BCUT2D eigenvalue weighted by molar-refractivity contribution is 6.30. The summed E-state index contributed by atoms with van der Waals surface area (Å²) in [4.78, 5) is 26.4. The van der Waals surface area contributed by atoms with E-state index in [1.807, 2.05) is 36.1 Å². The van der Waals surface area contributed by atoms with Crippen molar-refractivity contribution in [1.29, 1.82) is 0 Å². The van der Waals surface area contributed by atoms with Gasteiger partial charge >= 0.3 is 0 Å². The Kier molecular flexibility index (Phi) is 6.54. The molecule has 0 bridgehead atoms. The van der Waals surface area contributed by atoms with Gasteiger partial charge in [0, 0.05) is 56.2 Å². The monoisotopic (exact) mass is 428 g/mol. The average molecular weight is 429 g/mol. The van der Waals surface area contributed by atoms with E-state index in [0.717, 1.165) is 72.5 Å². The summed E-state index contributed by atoms with van der Waals surface area (Å²) in [5.41, 5.74) is 3.16. The Morgan fingerprint density at radius 1 is 1.13 bits per heavy atom. The maximum Gasteiger partial charge on any atom is 0.225 e. The van der Waals surface area contributed by atoms with Gasteiger partial charge in [-0.1, -0.05) is 30.2 Å². The number of benzene rings is 1. The van der Waals surface area contributed by atoms with E-state index < -0.39 is 0 Å². The van der Waals surface area contributed by atoms with Crippen LogP contribution in [0.5, 0.6) is 0 Å². The third-order valence-electron chi connectivity index (χ3n) is 6.10. The SMILES string of the molecule is COCc1nc(C)nc(N2CCN(C(=O)C3CCC3)CC2)c1Cc1ccc(Cl)cc1. The van der Waals surface area contributed by atoms with Gasteiger partial charge < -0.3 is 14.5 Å². The first kappa shape index (κ1) is 21.1. The van der Waals surface area contributed by atoms with E-state index in [-0.39, 0.29) is 5.92 Å². The zero-order valence-corrected chi connectivity index (χ0v) is 18.5. The van der Waals surface area contributed by atoms with Crippen LogP contribution in [0.2, 0.25) is 5.02 Å². The van der Waals surface area contributed by atoms with Crippen molar-refractivity contribution in [2.24, 2.45) is 5.92 Å². The van der Waals surface area contributed by atoms with E-state index >= 15 is 0 Å². The van der Waals surface area contributed by atoms with Crippen LogP contribution in [-0.4, -0.2) is 54.1 Å². The molecule has 2 aromatic rings. The fraction of sp³-hybridized carbons (Fsp3) is 0.522. The number of carbonyl (C=O) groups is 1. The molecule has 7 heteroatoms. The van der Waals surface area contributed by atoms with Gasteiger partial charge in [-0.05, 0) is 37.5 Å². The van der Waals surface area contributed by atoms with Crippen molar-refractivity contribution in [3.63, 3.8) is 0 Å². The number of aryl methyl sites for hydroxylation is 1. The second kappa shape index (κ2) is 9.31. The summed E-state index contributed by atoms with van der Waals surface area (Å²) in [5, 5.41) is 0.725. The molecule has 1 amide bonds. The molecule has 160 valence electrons. The normalized spacial score (nSPS) is 17.2. The van der Waals surface area contributed by atoms with Crippen molar-refractivity contribution >= 4 is 23.3 Å². The molecule has 6 nitrogen and oxygen atoms in total. The molecule has 2 fully saturated rings. The summed E-state index contributed by atoms with van der Waals surface area (Å²) in [7, 11) is 1.69. The summed E-state index contributed by atoms with van der Waals surface area (Å²) in [6.07, 6.45) is 4.01. The summed E-state index contributed by atoms with van der Waals surface area (Å²) >= 11 is 6.06. The van der Waals surface area contributed by atoms with Crippen LogP contribution < -0.4 is 4.90 Å². The van der Waals surface area contributed by atoms with Gasteiger partial charge in [-0.25, -0.2) is 9.97 Å². The topological polar surface area (TPSA) is 58.6 Å². The van der Waals surface area contributed by atoms with Crippen LogP contribution in [0.15, 0.2) is 24.3 Å². The van der Waals surface area contributed by atoms with Crippen LogP contribution in [0.3, 0.4) is 0 Å². The molecule has 1 aliphatic carbocycles. The molecule has 0 radical (unpaired) electrons. The quantitative estimate of drug-likeness (QED) is 0.703. The lowest BCUT2D eigenvalue weighted by atomic mass is 9.84. The van der Waals surface area contributed by atoms with Crippen LogP contribution >= 0.6 is 11.6 Å². The van der Waals surface area contributed by atoms with Gasteiger partial charge in [0.25, 0.3) is 0 Å². The Labute approximate surface area is 183 Å². The smallest absolute Gasteiger partial charge is 0.225 e. The Hall–Kier alpha value is -2.18.